The number of aryl methyl sites for hydroxylation is 1. The SMILES string of the molecule is CN1CCN(C(C(=O)CCCc2ccc(F)cc2)c2ccc(C#N)cc2)CC1. The van der Waals surface area contributed by atoms with E-state index in [2.05, 4.69) is 22.9 Å². The number of benzene rings is 2. The Labute approximate surface area is 166 Å². The van der Waals surface area contributed by atoms with Gasteiger partial charge in [-0.05, 0) is 55.3 Å². The number of nitriles is 1. The normalized spacial score (nSPS) is 16.5. The van der Waals surface area contributed by atoms with Gasteiger partial charge in [0.1, 0.15) is 5.82 Å². The third kappa shape index (κ3) is 5.25. The molecule has 146 valence electrons. The van der Waals surface area contributed by atoms with Crippen LogP contribution in [0.1, 0.15) is 35.6 Å². The molecule has 0 amide bonds. The molecule has 1 saturated heterocycles. The number of likely N-dealkylation sites (N-methyl/N-ethyl adjacent to an activating group) is 1. The Hall–Kier alpha value is -2.55. The van der Waals surface area contributed by atoms with Crippen molar-refractivity contribution in [2.24, 2.45) is 0 Å². The monoisotopic (exact) mass is 379 g/mol. The van der Waals surface area contributed by atoms with E-state index < -0.39 is 0 Å². The molecule has 0 N–H and O–H groups in total. The third-order valence-corrected chi connectivity index (χ3v) is 5.37. The number of hydrogen-bond acceptors (Lipinski definition) is 4. The van der Waals surface area contributed by atoms with Crippen molar-refractivity contribution < 1.29 is 9.18 Å². The van der Waals surface area contributed by atoms with Crippen molar-refractivity contribution in [3.05, 3.63) is 71.0 Å². The smallest absolute Gasteiger partial charge is 0.154 e. The Morgan fingerprint density at radius 2 is 1.71 bits per heavy atom. The highest BCUT2D eigenvalue weighted by Gasteiger charge is 2.29. The van der Waals surface area contributed by atoms with Crippen molar-refractivity contribution >= 4 is 5.78 Å². The second-order valence-corrected chi connectivity index (χ2v) is 7.42. The Kier molecular flexibility index (Phi) is 6.91. The standard InChI is InChI=1S/C23H26FN3O/c1-26-13-15-27(16-14-26)23(20-9-5-19(17-25)6-10-20)22(28)4-2-3-18-7-11-21(24)12-8-18/h5-12,23H,2-4,13-16H2,1H3. The Balaban J connectivity index is 1.68. The molecule has 0 bridgehead atoms. The molecule has 2 aromatic rings. The van der Waals surface area contributed by atoms with Crippen LogP contribution >= 0.6 is 0 Å². The highest BCUT2D eigenvalue weighted by molar-refractivity contribution is 5.85. The lowest BCUT2D eigenvalue weighted by molar-refractivity contribution is -0.125. The number of rotatable bonds is 7. The summed E-state index contributed by atoms with van der Waals surface area (Å²) >= 11 is 0. The van der Waals surface area contributed by atoms with E-state index in [0.717, 1.165) is 50.1 Å². The summed E-state index contributed by atoms with van der Waals surface area (Å²) in [6.07, 6.45) is 1.98. The van der Waals surface area contributed by atoms with Crippen LogP contribution in [0.25, 0.3) is 0 Å². The molecular weight excluding hydrogens is 353 g/mol. The minimum Gasteiger partial charge on any atom is -0.304 e. The van der Waals surface area contributed by atoms with Crippen LogP contribution in [-0.4, -0.2) is 48.8 Å². The molecule has 1 unspecified atom stereocenters. The van der Waals surface area contributed by atoms with Crippen LogP contribution in [0, 0.1) is 17.1 Å². The molecule has 2 aromatic carbocycles. The van der Waals surface area contributed by atoms with Crippen molar-refractivity contribution in [3.63, 3.8) is 0 Å². The largest absolute Gasteiger partial charge is 0.304 e. The Bertz CT molecular complexity index is 818. The highest BCUT2D eigenvalue weighted by Crippen LogP contribution is 2.26. The van der Waals surface area contributed by atoms with Gasteiger partial charge in [0.05, 0.1) is 17.7 Å². The molecule has 5 heteroatoms. The number of piperazine rings is 1. The van der Waals surface area contributed by atoms with Gasteiger partial charge in [0.15, 0.2) is 5.78 Å². The first kappa shape index (κ1) is 20.2. The van der Waals surface area contributed by atoms with Crippen molar-refractivity contribution in [2.45, 2.75) is 25.3 Å². The summed E-state index contributed by atoms with van der Waals surface area (Å²) in [6.45, 7) is 3.58. The minimum atomic E-state index is -0.269. The fourth-order valence-electron chi connectivity index (χ4n) is 3.67. The first-order chi connectivity index (χ1) is 13.6. The van der Waals surface area contributed by atoms with Crippen molar-refractivity contribution in [3.8, 4) is 6.07 Å². The zero-order valence-electron chi connectivity index (χ0n) is 16.3. The van der Waals surface area contributed by atoms with Crippen LogP contribution in [0.5, 0.6) is 0 Å². The van der Waals surface area contributed by atoms with Crippen LogP contribution in [0.3, 0.4) is 0 Å². The van der Waals surface area contributed by atoms with E-state index in [-0.39, 0.29) is 17.6 Å². The summed E-state index contributed by atoms with van der Waals surface area (Å²) in [4.78, 5) is 17.7. The number of halogens is 1. The summed E-state index contributed by atoms with van der Waals surface area (Å²) < 4.78 is 13.0. The van der Waals surface area contributed by atoms with Gasteiger partial charge >= 0.3 is 0 Å². The second-order valence-electron chi connectivity index (χ2n) is 7.42. The second kappa shape index (κ2) is 9.59. The number of ketones is 1. The Morgan fingerprint density at radius 1 is 1.07 bits per heavy atom. The maximum atomic E-state index is 13.1. The van der Waals surface area contributed by atoms with Gasteiger partial charge in [-0.25, -0.2) is 4.39 Å². The van der Waals surface area contributed by atoms with Crippen molar-refractivity contribution in [1.29, 1.82) is 5.26 Å². The van der Waals surface area contributed by atoms with Crippen LogP contribution < -0.4 is 0 Å². The van der Waals surface area contributed by atoms with Gasteiger partial charge in [-0.15, -0.1) is 0 Å². The summed E-state index contributed by atoms with van der Waals surface area (Å²) in [5, 5.41) is 9.04. The van der Waals surface area contributed by atoms with Gasteiger partial charge in [-0.1, -0.05) is 24.3 Å². The van der Waals surface area contributed by atoms with Crippen LogP contribution in [0.15, 0.2) is 48.5 Å². The molecule has 0 saturated carbocycles. The molecule has 0 radical (unpaired) electrons. The lowest BCUT2D eigenvalue weighted by Crippen LogP contribution is -2.47. The first-order valence-corrected chi connectivity index (χ1v) is 9.76. The average Bonchev–Trinajstić information content (AvgIpc) is 2.72. The van der Waals surface area contributed by atoms with E-state index >= 15 is 0 Å². The van der Waals surface area contributed by atoms with Gasteiger partial charge in [0, 0.05) is 32.6 Å². The number of carbonyl (C=O) groups excluding carboxylic acids is 1. The number of hydrogen-bond donors (Lipinski definition) is 0. The summed E-state index contributed by atoms with van der Waals surface area (Å²) in [7, 11) is 2.10. The molecule has 1 aliphatic rings. The maximum absolute atomic E-state index is 13.1. The molecule has 0 spiro atoms. The van der Waals surface area contributed by atoms with Gasteiger partial charge in [-0.3, -0.25) is 9.69 Å². The quantitative estimate of drug-likeness (QED) is 0.738. The number of nitrogens with zero attached hydrogens (tertiary/aromatic N) is 3. The van der Waals surface area contributed by atoms with Gasteiger partial charge < -0.3 is 4.90 Å². The molecule has 1 heterocycles. The van der Waals surface area contributed by atoms with Crippen molar-refractivity contribution in [2.75, 3.05) is 33.2 Å². The molecule has 28 heavy (non-hydrogen) atoms. The molecular formula is C23H26FN3O. The molecule has 3 rings (SSSR count). The Morgan fingerprint density at radius 3 is 2.32 bits per heavy atom. The van der Waals surface area contributed by atoms with E-state index in [1.807, 2.05) is 12.1 Å². The zero-order valence-corrected chi connectivity index (χ0v) is 16.3. The molecule has 0 aromatic heterocycles. The van der Waals surface area contributed by atoms with E-state index in [1.165, 1.54) is 12.1 Å². The lowest BCUT2D eigenvalue weighted by Gasteiger charge is -2.37. The summed E-state index contributed by atoms with van der Waals surface area (Å²) in [6, 6.07) is 15.7. The topological polar surface area (TPSA) is 47.3 Å². The summed E-state index contributed by atoms with van der Waals surface area (Å²) in [5.41, 5.74) is 2.60. The molecule has 1 atom stereocenters. The lowest BCUT2D eigenvalue weighted by atomic mass is 9.95. The zero-order chi connectivity index (χ0) is 19.9. The third-order valence-electron chi connectivity index (χ3n) is 5.37. The molecule has 4 nitrogen and oxygen atoms in total. The van der Waals surface area contributed by atoms with Crippen LogP contribution in [0.2, 0.25) is 0 Å². The predicted molar refractivity (Wildman–Crippen MR) is 107 cm³/mol. The highest BCUT2D eigenvalue weighted by atomic mass is 19.1. The minimum absolute atomic E-state index is 0.205. The number of Topliss-reactive ketones (excluding diaryl/α,β-unsaturated/α-hetero) is 1. The number of carbonyl (C=O) groups is 1. The van der Waals surface area contributed by atoms with Crippen LogP contribution in [0.4, 0.5) is 4.39 Å². The fourth-order valence-corrected chi connectivity index (χ4v) is 3.67. The average molecular weight is 379 g/mol. The molecule has 1 aliphatic heterocycles. The van der Waals surface area contributed by atoms with E-state index in [4.69, 9.17) is 5.26 Å². The van der Waals surface area contributed by atoms with Gasteiger partial charge in [0.2, 0.25) is 0 Å². The van der Waals surface area contributed by atoms with Crippen molar-refractivity contribution in [1.82, 2.24) is 9.80 Å². The van der Waals surface area contributed by atoms with Gasteiger partial charge in [0.25, 0.3) is 0 Å². The fraction of sp³-hybridized carbons (Fsp3) is 0.391. The maximum Gasteiger partial charge on any atom is 0.154 e. The van der Waals surface area contributed by atoms with E-state index in [1.54, 1.807) is 24.3 Å². The first-order valence-electron chi connectivity index (χ1n) is 9.76. The van der Waals surface area contributed by atoms with E-state index in [0.29, 0.717) is 12.0 Å². The van der Waals surface area contributed by atoms with E-state index in [9.17, 15) is 9.18 Å². The van der Waals surface area contributed by atoms with Gasteiger partial charge in [-0.2, -0.15) is 5.26 Å². The molecule has 1 fully saturated rings. The van der Waals surface area contributed by atoms with Crippen LogP contribution in [-0.2, 0) is 11.2 Å². The summed E-state index contributed by atoms with van der Waals surface area (Å²) in [5.74, 6) is -0.0351. The predicted octanol–water partition coefficient (Wildman–Crippen LogP) is 3.58. The molecule has 0 aliphatic carbocycles.